The van der Waals surface area contributed by atoms with Gasteiger partial charge in [0.2, 0.25) is 11.9 Å². The van der Waals surface area contributed by atoms with Crippen LogP contribution in [0.3, 0.4) is 0 Å². The van der Waals surface area contributed by atoms with Gasteiger partial charge in [-0.25, -0.2) is 14.2 Å². The van der Waals surface area contributed by atoms with Gasteiger partial charge in [-0.15, -0.1) is 5.10 Å². The summed E-state index contributed by atoms with van der Waals surface area (Å²) in [5.41, 5.74) is -2.24. The Morgan fingerprint density at radius 2 is 1.91 bits per heavy atom. The van der Waals surface area contributed by atoms with Crippen molar-refractivity contribution in [2.24, 2.45) is 14.1 Å². The average Bonchev–Trinajstić information content (AvgIpc) is 3.23. The van der Waals surface area contributed by atoms with Gasteiger partial charge < -0.3 is 4.98 Å². The molecule has 2 N–H and O–H groups in total. The number of aromatic nitrogens is 6. The molecule has 0 spiro atoms. The van der Waals surface area contributed by atoms with Crippen LogP contribution in [0.4, 0.5) is 23.5 Å². The highest BCUT2D eigenvalue weighted by Crippen LogP contribution is 2.33. The molecule has 0 aliphatic rings. The molecule has 0 aliphatic heterocycles. The number of imidazole rings is 1. The van der Waals surface area contributed by atoms with Crippen LogP contribution in [-0.2, 0) is 31.5 Å². The SMILES string of the molecule is Cn1c(=O)c2c(CC(=O)Nc3nc(-c4ccc(C(F)(F)F)c(F)c4)c[nH]3)cnnc2n(C)c1=O. The number of hydrogen-bond donors (Lipinski definition) is 2. The van der Waals surface area contributed by atoms with E-state index in [1.165, 1.54) is 26.5 Å². The molecule has 0 fully saturated rings. The van der Waals surface area contributed by atoms with Gasteiger partial charge in [-0.05, 0) is 17.7 Å². The van der Waals surface area contributed by atoms with Gasteiger partial charge in [-0.2, -0.15) is 18.3 Å². The molecule has 3 heterocycles. The minimum absolute atomic E-state index is 0.0167. The standard InChI is InChI=1S/C20H15F4N7O3/c1-30-16-15(17(33)31(2)19(30)34)10(7-26-29-16)6-14(32)28-18-25-8-13(27-18)9-3-4-11(12(21)5-9)20(22,23)24/h3-5,7-8H,6H2,1-2H3,(H2,25,27,28,32). The Hall–Kier alpha value is -4.36. The number of nitrogens with zero attached hydrogens (tertiary/aromatic N) is 5. The lowest BCUT2D eigenvalue weighted by atomic mass is 10.1. The molecule has 1 aromatic carbocycles. The van der Waals surface area contributed by atoms with E-state index < -0.39 is 34.7 Å². The highest BCUT2D eigenvalue weighted by molar-refractivity contribution is 5.93. The van der Waals surface area contributed by atoms with E-state index in [4.69, 9.17) is 0 Å². The number of carbonyl (C=O) groups excluding carboxylic acids is 1. The zero-order valence-corrected chi connectivity index (χ0v) is 17.6. The van der Waals surface area contributed by atoms with E-state index >= 15 is 0 Å². The average molecular weight is 477 g/mol. The first-order valence-electron chi connectivity index (χ1n) is 9.60. The molecule has 0 saturated carbocycles. The second-order valence-electron chi connectivity index (χ2n) is 7.33. The summed E-state index contributed by atoms with van der Waals surface area (Å²) >= 11 is 0. The molecule has 0 radical (unpaired) electrons. The summed E-state index contributed by atoms with van der Waals surface area (Å²) in [5, 5.41) is 10.1. The minimum Gasteiger partial charge on any atom is -0.330 e. The summed E-state index contributed by atoms with van der Waals surface area (Å²) in [6, 6.07) is 2.36. The van der Waals surface area contributed by atoms with Crippen molar-refractivity contribution in [1.82, 2.24) is 29.3 Å². The largest absolute Gasteiger partial charge is 0.419 e. The molecule has 4 rings (SSSR count). The topological polar surface area (TPSA) is 128 Å². The molecule has 4 aromatic rings. The second kappa shape index (κ2) is 8.20. The predicted molar refractivity (Wildman–Crippen MR) is 111 cm³/mol. The second-order valence-corrected chi connectivity index (χ2v) is 7.33. The van der Waals surface area contributed by atoms with Crippen molar-refractivity contribution in [2.45, 2.75) is 12.6 Å². The molecule has 10 nitrogen and oxygen atoms in total. The number of fused-ring (bicyclic) bond motifs is 1. The maximum Gasteiger partial charge on any atom is 0.419 e. The van der Waals surface area contributed by atoms with Crippen LogP contribution in [0.25, 0.3) is 22.3 Å². The summed E-state index contributed by atoms with van der Waals surface area (Å²) in [5.74, 6) is -2.11. The molecule has 0 aliphatic carbocycles. The summed E-state index contributed by atoms with van der Waals surface area (Å²) in [6.45, 7) is 0. The molecule has 34 heavy (non-hydrogen) atoms. The number of hydrogen-bond acceptors (Lipinski definition) is 6. The Kier molecular flexibility index (Phi) is 5.51. The number of aromatic amines is 1. The fourth-order valence-corrected chi connectivity index (χ4v) is 3.37. The number of benzene rings is 1. The van der Waals surface area contributed by atoms with Crippen LogP contribution in [0.15, 0.2) is 40.2 Å². The Morgan fingerprint density at radius 1 is 1.18 bits per heavy atom. The number of rotatable bonds is 4. The van der Waals surface area contributed by atoms with Crippen LogP contribution < -0.4 is 16.6 Å². The molecule has 3 aromatic heterocycles. The first-order chi connectivity index (χ1) is 16.0. The lowest BCUT2D eigenvalue weighted by molar-refractivity contribution is -0.140. The van der Waals surface area contributed by atoms with Crippen LogP contribution >= 0.6 is 0 Å². The van der Waals surface area contributed by atoms with Crippen LogP contribution in [0.5, 0.6) is 0 Å². The molecule has 0 bridgehead atoms. The fourth-order valence-electron chi connectivity index (χ4n) is 3.37. The van der Waals surface area contributed by atoms with Crippen LogP contribution in [0.1, 0.15) is 11.1 Å². The lowest BCUT2D eigenvalue weighted by Gasteiger charge is -2.09. The number of alkyl halides is 3. The van der Waals surface area contributed by atoms with Gasteiger partial charge in [0.25, 0.3) is 5.56 Å². The number of aryl methyl sites for hydroxylation is 1. The third-order valence-corrected chi connectivity index (χ3v) is 5.08. The van der Waals surface area contributed by atoms with Crippen molar-refractivity contribution in [3.8, 4) is 11.3 Å². The van der Waals surface area contributed by atoms with E-state index in [0.717, 1.165) is 15.2 Å². The van der Waals surface area contributed by atoms with E-state index in [-0.39, 0.29) is 40.2 Å². The van der Waals surface area contributed by atoms with Gasteiger partial charge in [0.15, 0.2) is 5.65 Å². The molecule has 0 atom stereocenters. The summed E-state index contributed by atoms with van der Waals surface area (Å²) in [4.78, 5) is 43.9. The maximum absolute atomic E-state index is 13.8. The minimum atomic E-state index is -4.83. The number of anilines is 1. The van der Waals surface area contributed by atoms with Gasteiger partial charge in [-0.1, -0.05) is 6.07 Å². The van der Waals surface area contributed by atoms with Gasteiger partial charge >= 0.3 is 11.9 Å². The van der Waals surface area contributed by atoms with E-state index in [2.05, 4.69) is 25.5 Å². The first kappa shape index (κ1) is 22.8. The van der Waals surface area contributed by atoms with E-state index in [0.29, 0.717) is 12.1 Å². The van der Waals surface area contributed by atoms with Crippen molar-refractivity contribution >= 4 is 22.9 Å². The van der Waals surface area contributed by atoms with Gasteiger partial charge in [0.1, 0.15) is 5.82 Å². The van der Waals surface area contributed by atoms with Crippen LogP contribution in [-0.4, -0.2) is 35.2 Å². The van der Waals surface area contributed by atoms with Crippen molar-refractivity contribution in [1.29, 1.82) is 0 Å². The van der Waals surface area contributed by atoms with E-state index in [1.54, 1.807) is 0 Å². The van der Waals surface area contributed by atoms with Gasteiger partial charge in [0.05, 0.1) is 29.3 Å². The number of amides is 1. The Morgan fingerprint density at radius 3 is 2.59 bits per heavy atom. The molecule has 0 unspecified atom stereocenters. The highest BCUT2D eigenvalue weighted by atomic mass is 19.4. The summed E-state index contributed by atoms with van der Waals surface area (Å²) in [6.07, 6.45) is -2.63. The zero-order valence-electron chi connectivity index (χ0n) is 17.6. The van der Waals surface area contributed by atoms with Crippen molar-refractivity contribution in [3.05, 3.63) is 68.4 Å². The smallest absolute Gasteiger partial charge is 0.330 e. The Balaban J connectivity index is 1.57. The predicted octanol–water partition coefficient (Wildman–Crippen LogP) is 1.76. The number of halogens is 4. The Labute approximate surface area is 186 Å². The van der Waals surface area contributed by atoms with E-state index in [1.807, 2.05) is 0 Å². The molecule has 176 valence electrons. The van der Waals surface area contributed by atoms with Crippen LogP contribution in [0.2, 0.25) is 0 Å². The number of H-pyrrole nitrogens is 1. The highest BCUT2D eigenvalue weighted by Gasteiger charge is 2.34. The van der Waals surface area contributed by atoms with Crippen molar-refractivity contribution in [3.63, 3.8) is 0 Å². The van der Waals surface area contributed by atoms with E-state index in [9.17, 15) is 31.9 Å². The first-order valence-corrected chi connectivity index (χ1v) is 9.60. The number of carbonyl (C=O) groups is 1. The van der Waals surface area contributed by atoms with Gasteiger partial charge in [0, 0.05) is 25.9 Å². The zero-order chi connectivity index (χ0) is 24.8. The molecule has 14 heteroatoms. The quantitative estimate of drug-likeness (QED) is 0.431. The van der Waals surface area contributed by atoms with Crippen molar-refractivity contribution in [2.75, 3.05) is 5.32 Å². The Bertz CT molecular complexity index is 1550. The molecule has 0 saturated heterocycles. The summed E-state index contributed by atoms with van der Waals surface area (Å²) in [7, 11) is 2.71. The lowest BCUT2D eigenvalue weighted by Crippen LogP contribution is -2.38. The third kappa shape index (κ3) is 4.04. The summed E-state index contributed by atoms with van der Waals surface area (Å²) < 4.78 is 54.1. The molecular weight excluding hydrogens is 462 g/mol. The number of nitrogens with one attached hydrogen (secondary N) is 2. The van der Waals surface area contributed by atoms with Crippen LogP contribution in [0, 0.1) is 5.82 Å². The maximum atomic E-state index is 13.8. The monoisotopic (exact) mass is 477 g/mol. The third-order valence-electron chi connectivity index (χ3n) is 5.08. The normalized spacial score (nSPS) is 11.7. The van der Waals surface area contributed by atoms with Crippen molar-refractivity contribution < 1.29 is 22.4 Å². The molecular formula is C20H15F4N7O3. The fraction of sp³-hybridized carbons (Fsp3) is 0.200. The molecule has 1 amide bonds. The van der Waals surface area contributed by atoms with Gasteiger partial charge in [-0.3, -0.25) is 24.0 Å².